The number of amides is 2. The lowest BCUT2D eigenvalue weighted by atomic mass is 9.98. The van der Waals surface area contributed by atoms with Crippen LogP contribution < -0.4 is 11.1 Å². The van der Waals surface area contributed by atoms with E-state index in [0.29, 0.717) is 30.6 Å². The maximum Gasteiger partial charge on any atom is 0.253 e. The highest BCUT2D eigenvalue weighted by Crippen LogP contribution is 2.22. The number of benzene rings is 1. The summed E-state index contributed by atoms with van der Waals surface area (Å²) in [6.07, 6.45) is 1.93. The molecule has 2 rings (SSSR count). The number of nitrogens with zero attached hydrogens (tertiary/aromatic N) is 1. The maximum atomic E-state index is 12.0. The number of nitrogens with one attached hydrogen (secondary N) is 1. The van der Waals surface area contributed by atoms with E-state index in [1.807, 2.05) is 12.1 Å². The van der Waals surface area contributed by atoms with Crippen LogP contribution in [0.4, 0.5) is 5.69 Å². The van der Waals surface area contributed by atoms with Crippen LogP contribution in [0.5, 0.6) is 0 Å². The second kappa shape index (κ2) is 5.84. The van der Waals surface area contributed by atoms with Crippen molar-refractivity contribution in [3.05, 3.63) is 29.3 Å². The van der Waals surface area contributed by atoms with Gasteiger partial charge in [0.1, 0.15) is 0 Å². The molecule has 1 aliphatic heterocycles. The minimum Gasteiger partial charge on any atom is -0.341 e. The van der Waals surface area contributed by atoms with E-state index in [-0.39, 0.29) is 11.8 Å². The molecule has 19 heavy (non-hydrogen) atoms. The maximum absolute atomic E-state index is 12.0. The Morgan fingerprint density at radius 1 is 1.47 bits per heavy atom. The lowest BCUT2D eigenvalue weighted by Gasteiger charge is -2.25. The summed E-state index contributed by atoms with van der Waals surface area (Å²) in [7, 11) is 1.79. The number of likely N-dealkylation sites (N-methyl/N-ethyl adjacent to an activating group) is 1. The number of nitrogens with two attached hydrogens (primary N) is 1. The predicted octanol–water partition coefficient (Wildman–Crippen LogP) is 0.992. The molecule has 0 aliphatic carbocycles. The van der Waals surface area contributed by atoms with Crippen molar-refractivity contribution in [2.45, 2.75) is 19.3 Å². The third-order valence-electron chi connectivity index (χ3n) is 3.30. The van der Waals surface area contributed by atoms with Crippen LogP contribution in [0, 0.1) is 0 Å². The number of rotatable bonds is 4. The lowest BCUT2D eigenvalue weighted by Crippen LogP contribution is -2.34. The molecule has 5 nitrogen and oxygen atoms in total. The van der Waals surface area contributed by atoms with Crippen LogP contribution in [0.1, 0.15) is 28.8 Å². The molecular weight excluding hydrogens is 242 g/mol. The van der Waals surface area contributed by atoms with E-state index in [9.17, 15) is 9.59 Å². The van der Waals surface area contributed by atoms with Gasteiger partial charge in [-0.25, -0.2) is 0 Å². The summed E-state index contributed by atoms with van der Waals surface area (Å²) in [4.78, 5) is 25.3. The van der Waals surface area contributed by atoms with Gasteiger partial charge in [-0.05, 0) is 37.1 Å². The highest BCUT2D eigenvalue weighted by Gasteiger charge is 2.21. The van der Waals surface area contributed by atoms with Crippen LogP contribution in [0.2, 0.25) is 0 Å². The molecule has 0 radical (unpaired) electrons. The zero-order valence-corrected chi connectivity index (χ0v) is 11.1. The molecule has 2 amide bonds. The Morgan fingerprint density at radius 2 is 2.26 bits per heavy atom. The minimum absolute atomic E-state index is 0.0132. The Hall–Kier alpha value is -1.88. The molecule has 0 fully saturated rings. The molecule has 0 atom stereocenters. The summed E-state index contributed by atoms with van der Waals surface area (Å²) in [5.41, 5.74) is 7.77. The van der Waals surface area contributed by atoms with Gasteiger partial charge in [0.15, 0.2) is 0 Å². The van der Waals surface area contributed by atoms with E-state index >= 15 is 0 Å². The van der Waals surface area contributed by atoms with Gasteiger partial charge in [-0.3, -0.25) is 9.59 Å². The summed E-state index contributed by atoms with van der Waals surface area (Å²) in [6.45, 7) is 1.24. The average Bonchev–Trinajstić information content (AvgIpc) is 2.41. The lowest BCUT2D eigenvalue weighted by molar-refractivity contribution is -0.116. The van der Waals surface area contributed by atoms with Gasteiger partial charge in [-0.1, -0.05) is 6.07 Å². The molecule has 0 aromatic heterocycles. The molecule has 102 valence electrons. The van der Waals surface area contributed by atoms with Crippen molar-refractivity contribution in [2.24, 2.45) is 5.73 Å². The second-order valence-corrected chi connectivity index (χ2v) is 4.79. The first-order chi connectivity index (χ1) is 9.11. The molecule has 3 N–H and O–H groups in total. The normalized spacial score (nSPS) is 14.2. The van der Waals surface area contributed by atoms with Gasteiger partial charge >= 0.3 is 0 Å². The fraction of sp³-hybridized carbons (Fsp3) is 0.429. The van der Waals surface area contributed by atoms with Crippen LogP contribution in [0.3, 0.4) is 0 Å². The third kappa shape index (κ3) is 3.12. The molecule has 1 aliphatic rings. The summed E-state index contributed by atoms with van der Waals surface area (Å²) < 4.78 is 0. The topological polar surface area (TPSA) is 75.4 Å². The van der Waals surface area contributed by atoms with Crippen molar-refractivity contribution >= 4 is 17.5 Å². The van der Waals surface area contributed by atoms with Crippen molar-refractivity contribution < 1.29 is 9.59 Å². The monoisotopic (exact) mass is 261 g/mol. The van der Waals surface area contributed by atoms with Gasteiger partial charge in [0, 0.05) is 31.3 Å². The van der Waals surface area contributed by atoms with Crippen LogP contribution in [-0.4, -0.2) is 36.9 Å². The Morgan fingerprint density at radius 3 is 3.00 bits per heavy atom. The largest absolute Gasteiger partial charge is 0.341 e. The first-order valence-corrected chi connectivity index (χ1v) is 6.50. The number of carbonyl (C=O) groups is 2. The Kier molecular flexibility index (Phi) is 4.16. The second-order valence-electron chi connectivity index (χ2n) is 4.79. The number of fused-ring (bicyclic) bond motifs is 1. The molecule has 0 saturated heterocycles. The van der Waals surface area contributed by atoms with Crippen molar-refractivity contribution in [3.8, 4) is 0 Å². The number of hydrogen-bond acceptors (Lipinski definition) is 3. The van der Waals surface area contributed by atoms with E-state index in [1.165, 1.54) is 0 Å². The number of anilines is 1. The predicted molar refractivity (Wildman–Crippen MR) is 74.0 cm³/mol. The van der Waals surface area contributed by atoms with E-state index in [1.54, 1.807) is 18.0 Å². The molecule has 1 aromatic rings. The Labute approximate surface area is 112 Å². The Balaban J connectivity index is 2.12. The zero-order chi connectivity index (χ0) is 13.8. The van der Waals surface area contributed by atoms with Crippen LogP contribution in [0.15, 0.2) is 18.2 Å². The summed E-state index contributed by atoms with van der Waals surface area (Å²) in [5.74, 6) is -0.0543. The Bertz CT molecular complexity index is 499. The number of carbonyl (C=O) groups excluding carboxylic acids is 2. The molecule has 0 spiro atoms. The molecular formula is C14H19N3O2. The fourth-order valence-corrected chi connectivity index (χ4v) is 2.15. The van der Waals surface area contributed by atoms with E-state index in [2.05, 4.69) is 5.32 Å². The summed E-state index contributed by atoms with van der Waals surface area (Å²) in [6, 6.07) is 5.52. The average molecular weight is 261 g/mol. The molecule has 0 bridgehead atoms. The van der Waals surface area contributed by atoms with Crippen molar-refractivity contribution in [3.63, 3.8) is 0 Å². The van der Waals surface area contributed by atoms with Gasteiger partial charge in [0.2, 0.25) is 5.91 Å². The highest BCUT2D eigenvalue weighted by molar-refractivity contribution is 5.99. The van der Waals surface area contributed by atoms with Gasteiger partial charge in [-0.2, -0.15) is 0 Å². The smallest absolute Gasteiger partial charge is 0.253 e. The minimum atomic E-state index is -0.0676. The van der Waals surface area contributed by atoms with Crippen molar-refractivity contribution in [2.75, 3.05) is 25.5 Å². The molecule has 1 aromatic carbocycles. The first kappa shape index (κ1) is 13.5. The van der Waals surface area contributed by atoms with Crippen molar-refractivity contribution in [1.29, 1.82) is 0 Å². The molecule has 0 unspecified atom stereocenters. The first-order valence-electron chi connectivity index (χ1n) is 6.50. The van der Waals surface area contributed by atoms with Crippen LogP contribution >= 0.6 is 0 Å². The summed E-state index contributed by atoms with van der Waals surface area (Å²) >= 11 is 0. The fourth-order valence-electron chi connectivity index (χ4n) is 2.15. The van der Waals surface area contributed by atoms with E-state index in [4.69, 9.17) is 5.73 Å². The third-order valence-corrected chi connectivity index (χ3v) is 3.30. The standard InChI is InChI=1S/C14H19N3O2/c1-17-8-6-10-4-5-11(9-12(10)14(17)19)16-13(18)3-2-7-15/h4-5,9H,2-3,6-8,15H2,1H3,(H,16,18). The highest BCUT2D eigenvalue weighted by atomic mass is 16.2. The molecule has 0 saturated carbocycles. The molecule has 1 heterocycles. The molecule has 5 heteroatoms. The van der Waals surface area contributed by atoms with Gasteiger partial charge in [0.05, 0.1) is 0 Å². The summed E-state index contributed by atoms with van der Waals surface area (Å²) in [5, 5.41) is 2.80. The van der Waals surface area contributed by atoms with Crippen molar-refractivity contribution in [1.82, 2.24) is 4.90 Å². The van der Waals surface area contributed by atoms with E-state index < -0.39 is 0 Å². The zero-order valence-electron chi connectivity index (χ0n) is 11.1. The van der Waals surface area contributed by atoms with Gasteiger partial charge in [-0.15, -0.1) is 0 Å². The van der Waals surface area contributed by atoms with E-state index in [0.717, 1.165) is 18.5 Å². The quantitative estimate of drug-likeness (QED) is 0.848. The number of hydrogen-bond donors (Lipinski definition) is 2. The SMILES string of the molecule is CN1CCc2ccc(NC(=O)CCCN)cc2C1=O. The van der Waals surface area contributed by atoms with Crippen LogP contribution in [-0.2, 0) is 11.2 Å². The van der Waals surface area contributed by atoms with Gasteiger partial charge in [0.25, 0.3) is 5.91 Å². The van der Waals surface area contributed by atoms with Crippen LogP contribution in [0.25, 0.3) is 0 Å². The van der Waals surface area contributed by atoms with Gasteiger partial charge < -0.3 is 16.0 Å².